The third kappa shape index (κ3) is 4.44. The summed E-state index contributed by atoms with van der Waals surface area (Å²) >= 11 is 0. The summed E-state index contributed by atoms with van der Waals surface area (Å²) < 4.78 is 12.0. The third-order valence-corrected chi connectivity index (χ3v) is 7.68. The second-order valence-electron chi connectivity index (χ2n) is 9.89. The Morgan fingerprint density at radius 3 is 2.70 bits per heavy atom. The van der Waals surface area contributed by atoms with Crippen LogP contribution in [0, 0.1) is 0 Å². The van der Waals surface area contributed by atoms with Gasteiger partial charge >= 0.3 is 0 Å². The number of carbonyl (C=O) groups is 1. The zero-order valence-electron chi connectivity index (χ0n) is 21.3. The van der Waals surface area contributed by atoms with E-state index >= 15 is 0 Å². The molecule has 1 aromatic heterocycles. The van der Waals surface area contributed by atoms with Crippen LogP contribution in [0.15, 0.2) is 71.1 Å². The van der Waals surface area contributed by atoms with E-state index in [4.69, 9.17) is 14.1 Å². The van der Waals surface area contributed by atoms with Crippen LogP contribution in [-0.2, 0) is 17.8 Å². The number of nitrogens with one attached hydrogen (secondary N) is 1. The van der Waals surface area contributed by atoms with Gasteiger partial charge in [0.2, 0.25) is 5.91 Å². The molecule has 37 heavy (non-hydrogen) atoms. The van der Waals surface area contributed by atoms with Gasteiger partial charge < -0.3 is 24.3 Å². The number of aryl methyl sites for hydroxylation is 1. The van der Waals surface area contributed by atoms with Gasteiger partial charge in [0.15, 0.2) is 5.58 Å². The fourth-order valence-electron chi connectivity index (χ4n) is 5.75. The maximum Gasteiger partial charge on any atom is 0.298 e. The van der Waals surface area contributed by atoms with Crippen molar-refractivity contribution in [3.05, 3.63) is 83.4 Å². The van der Waals surface area contributed by atoms with Crippen molar-refractivity contribution in [2.24, 2.45) is 0 Å². The normalized spacial score (nSPS) is 19.8. The van der Waals surface area contributed by atoms with Crippen molar-refractivity contribution in [3.8, 4) is 5.75 Å². The zero-order chi connectivity index (χ0) is 25.4. The molecule has 0 aliphatic carbocycles. The maximum atomic E-state index is 12.3. The number of oxazole rings is 1. The Kier molecular flexibility index (Phi) is 6.30. The lowest BCUT2D eigenvalue weighted by Crippen LogP contribution is -2.48. The van der Waals surface area contributed by atoms with Crippen LogP contribution in [-0.4, -0.2) is 37.6 Å². The molecule has 0 spiro atoms. The summed E-state index contributed by atoms with van der Waals surface area (Å²) in [5.74, 6) is 1.01. The molecule has 1 amide bonds. The molecule has 7 heteroatoms. The summed E-state index contributed by atoms with van der Waals surface area (Å²) in [5, 5.41) is 3.83. The summed E-state index contributed by atoms with van der Waals surface area (Å²) in [5.41, 5.74) is 6.09. The first-order chi connectivity index (χ1) is 18.1. The van der Waals surface area contributed by atoms with E-state index in [0.717, 1.165) is 59.5 Å². The second-order valence-corrected chi connectivity index (χ2v) is 9.89. The molecular weight excluding hydrogens is 464 g/mol. The predicted octanol–water partition coefficient (Wildman–Crippen LogP) is 5.25. The van der Waals surface area contributed by atoms with E-state index in [1.54, 1.807) is 12.0 Å². The van der Waals surface area contributed by atoms with E-state index in [1.165, 1.54) is 5.56 Å². The first-order valence-corrected chi connectivity index (χ1v) is 13.0. The number of piperidine rings is 1. The topological polar surface area (TPSA) is 70.8 Å². The molecule has 0 saturated carbocycles. The molecule has 2 atom stereocenters. The summed E-state index contributed by atoms with van der Waals surface area (Å²) in [4.78, 5) is 21.2. The van der Waals surface area contributed by atoms with Crippen molar-refractivity contribution in [2.75, 3.05) is 30.5 Å². The van der Waals surface area contributed by atoms with E-state index in [2.05, 4.69) is 46.6 Å². The van der Waals surface area contributed by atoms with Gasteiger partial charge in [-0.1, -0.05) is 42.5 Å². The fraction of sp³-hybridized carbons (Fsp3) is 0.333. The number of rotatable bonds is 6. The lowest BCUT2D eigenvalue weighted by molar-refractivity contribution is -0.118. The number of benzene rings is 3. The highest BCUT2D eigenvalue weighted by molar-refractivity contribution is 5.96. The van der Waals surface area contributed by atoms with Crippen LogP contribution in [0.5, 0.6) is 5.75 Å². The Morgan fingerprint density at radius 2 is 1.89 bits per heavy atom. The number of hydrogen-bond acceptors (Lipinski definition) is 6. The number of fused-ring (bicyclic) bond motifs is 2. The van der Waals surface area contributed by atoms with Crippen molar-refractivity contribution in [3.63, 3.8) is 0 Å². The molecule has 190 valence electrons. The van der Waals surface area contributed by atoms with Crippen LogP contribution in [0.4, 0.5) is 11.7 Å². The molecule has 0 radical (unpaired) electrons. The van der Waals surface area contributed by atoms with Crippen molar-refractivity contribution < 1.29 is 13.9 Å². The Morgan fingerprint density at radius 1 is 1.08 bits per heavy atom. The summed E-state index contributed by atoms with van der Waals surface area (Å²) in [7, 11) is 3.57. The Hall–Kier alpha value is -3.84. The molecule has 0 bridgehead atoms. The lowest BCUT2D eigenvalue weighted by Gasteiger charge is -2.41. The van der Waals surface area contributed by atoms with Gasteiger partial charge in [-0.2, -0.15) is 4.98 Å². The number of nitrogens with zero attached hydrogens (tertiary/aromatic N) is 3. The fourth-order valence-corrected chi connectivity index (χ4v) is 5.75. The Labute approximate surface area is 217 Å². The second kappa shape index (κ2) is 9.90. The summed E-state index contributed by atoms with van der Waals surface area (Å²) in [6.45, 7) is 1.51. The molecule has 2 aliphatic heterocycles. The van der Waals surface area contributed by atoms with E-state index < -0.39 is 0 Å². The van der Waals surface area contributed by atoms with E-state index in [1.807, 2.05) is 37.4 Å². The van der Waals surface area contributed by atoms with Crippen molar-refractivity contribution in [1.82, 2.24) is 10.3 Å². The minimum Gasteiger partial charge on any atom is -0.496 e. The zero-order valence-corrected chi connectivity index (χ0v) is 21.3. The maximum absolute atomic E-state index is 12.3. The molecular formula is C30H32N4O3. The molecule has 7 nitrogen and oxygen atoms in total. The van der Waals surface area contributed by atoms with Gasteiger partial charge in [-0.15, -0.1) is 0 Å². The number of amides is 1. The van der Waals surface area contributed by atoms with Gasteiger partial charge in [-0.05, 0) is 54.7 Å². The van der Waals surface area contributed by atoms with Crippen molar-refractivity contribution >= 4 is 28.7 Å². The number of aromatic nitrogens is 1. The molecule has 3 heterocycles. The number of methoxy groups -OCH3 is 1. The summed E-state index contributed by atoms with van der Waals surface area (Å²) in [6.07, 6.45) is 3.34. The highest BCUT2D eigenvalue weighted by Gasteiger charge is 2.35. The van der Waals surface area contributed by atoms with Gasteiger partial charge in [0, 0.05) is 43.9 Å². The van der Waals surface area contributed by atoms with E-state index in [0.29, 0.717) is 19.0 Å². The minimum atomic E-state index is 0.0656. The SMILES string of the molecule is COc1cc2c(cc1CNC1CCCN(c3nc4ccccc4o3)C1c1ccccc1)N(C)C(=O)CC2. The van der Waals surface area contributed by atoms with Crippen LogP contribution in [0.1, 0.15) is 42.0 Å². The minimum absolute atomic E-state index is 0.0656. The van der Waals surface area contributed by atoms with Gasteiger partial charge in [-0.3, -0.25) is 4.79 Å². The highest BCUT2D eigenvalue weighted by atomic mass is 16.5. The van der Waals surface area contributed by atoms with Crippen molar-refractivity contribution in [1.29, 1.82) is 0 Å². The molecule has 1 N–H and O–H groups in total. The van der Waals surface area contributed by atoms with Gasteiger partial charge in [0.05, 0.1) is 13.2 Å². The van der Waals surface area contributed by atoms with Gasteiger partial charge in [0.1, 0.15) is 11.3 Å². The first kappa shape index (κ1) is 23.6. The molecule has 1 fully saturated rings. The lowest BCUT2D eigenvalue weighted by atomic mass is 9.90. The number of ether oxygens (including phenoxy) is 1. The number of carbonyl (C=O) groups excluding carboxylic acids is 1. The van der Waals surface area contributed by atoms with Gasteiger partial charge in [0.25, 0.3) is 6.01 Å². The van der Waals surface area contributed by atoms with Crippen LogP contribution < -0.4 is 19.9 Å². The average Bonchev–Trinajstić information content (AvgIpc) is 3.38. The largest absolute Gasteiger partial charge is 0.496 e. The number of para-hydroxylation sites is 2. The molecule has 2 unspecified atom stereocenters. The molecule has 2 aliphatic rings. The molecule has 1 saturated heterocycles. The quantitative estimate of drug-likeness (QED) is 0.393. The summed E-state index contributed by atoms with van der Waals surface area (Å²) in [6, 6.07) is 23.6. The standard InChI is InChI=1S/C30H32N4O3/c1-33-25-17-22(27(36-2)18-21(25)14-15-28(33)35)19-31-24-12-8-16-34(29(24)20-9-4-3-5-10-20)30-32-23-11-6-7-13-26(23)37-30/h3-7,9-11,13,17-18,24,29,31H,8,12,14-16,19H2,1-2H3. The van der Waals surface area contributed by atoms with E-state index in [9.17, 15) is 4.79 Å². The van der Waals surface area contributed by atoms with Crippen molar-refractivity contribution in [2.45, 2.75) is 44.3 Å². The van der Waals surface area contributed by atoms with Crippen LogP contribution in [0.3, 0.4) is 0 Å². The van der Waals surface area contributed by atoms with Crippen LogP contribution in [0.2, 0.25) is 0 Å². The molecule has 3 aromatic carbocycles. The first-order valence-electron chi connectivity index (χ1n) is 13.0. The predicted molar refractivity (Wildman–Crippen MR) is 145 cm³/mol. The van der Waals surface area contributed by atoms with Crippen LogP contribution in [0.25, 0.3) is 11.1 Å². The number of hydrogen-bond donors (Lipinski definition) is 1. The van der Waals surface area contributed by atoms with E-state index in [-0.39, 0.29) is 18.0 Å². The highest BCUT2D eigenvalue weighted by Crippen LogP contribution is 2.38. The Balaban J connectivity index is 1.31. The third-order valence-electron chi connectivity index (χ3n) is 7.68. The van der Waals surface area contributed by atoms with Crippen LogP contribution >= 0.6 is 0 Å². The van der Waals surface area contributed by atoms with Gasteiger partial charge in [-0.25, -0.2) is 0 Å². The number of anilines is 2. The smallest absolute Gasteiger partial charge is 0.298 e. The molecule has 4 aromatic rings. The Bertz CT molecular complexity index is 1380. The average molecular weight is 497 g/mol. The monoisotopic (exact) mass is 496 g/mol. The molecule has 6 rings (SSSR count).